The fraction of sp³-hybridized carbons (Fsp3) is 0.706. The van der Waals surface area contributed by atoms with Gasteiger partial charge in [0, 0.05) is 6.54 Å². The zero-order valence-corrected chi connectivity index (χ0v) is 15.0. The standard InChI is InChI=1S/C17H28N6O2/c1-2-3-12-25-16-20-14(18)13-15(21-16)23(17(24)19-13)11-7-10-22-8-5-4-6-9-22/h2-12H2,1H3,(H,19,24)(H2,18,20,21). The fourth-order valence-electron chi connectivity index (χ4n) is 3.25. The highest BCUT2D eigenvalue weighted by atomic mass is 16.5. The SMILES string of the molecule is CCCCOc1nc(N)c2[nH]c(=O)n(CCCN3CCCCC3)c2n1. The first-order valence-corrected chi connectivity index (χ1v) is 9.30. The van der Waals surface area contributed by atoms with Crippen LogP contribution in [-0.2, 0) is 6.54 Å². The van der Waals surface area contributed by atoms with E-state index in [4.69, 9.17) is 10.5 Å². The third kappa shape index (κ3) is 4.31. The number of hydrogen-bond donors (Lipinski definition) is 2. The molecular weight excluding hydrogens is 320 g/mol. The number of likely N-dealkylation sites (tertiary alicyclic amines) is 1. The predicted molar refractivity (Wildman–Crippen MR) is 97.9 cm³/mol. The van der Waals surface area contributed by atoms with E-state index < -0.39 is 0 Å². The molecule has 3 N–H and O–H groups in total. The van der Waals surface area contributed by atoms with E-state index >= 15 is 0 Å². The molecule has 1 aliphatic heterocycles. The molecule has 0 aliphatic carbocycles. The number of anilines is 1. The lowest BCUT2D eigenvalue weighted by Crippen LogP contribution is -2.31. The molecule has 3 heterocycles. The molecule has 1 fully saturated rings. The highest BCUT2D eigenvalue weighted by Crippen LogP contribution is 2.18. The second-order valence-corrected chi connectivity index (χ2v) is 6.63. The van der Waals surface area contributed by atoms with E-state index in [1.54, 1.807) is 4.57 Å². The van der Waals surface area contributed by atoms with Gasteiger partial charge in [-0.2, -0.15) is 9.97 Å². The average Bonchev–Trinajstić information content (AvgIpc) is 2.93. The van der Waals surface area contributed by atoms with Crippen molar-refractivity contribution >= 4 is 17.0 Å². The number of piperidine rings is 1. The molecule has 2 aromatic rings. The number of ether oxygens (including phenoxy) is 1. The summed E-state index contributed by atoms with van der Waals surface area (Å²) in [5.41, 5.74) is 6.79. The third-order valence-corrected chi connectivity index (χ3v) is 4.66. The van der Waals surface area contributed by atoms with Crippen LogP contribution in [0.2, 0.25) is 0 Å². The lowest BCUT2D eigenvalue weighted by atomic mass is 10.1. The lowest BCUT2D eigenvalue weighted by Gasteiger charge is -2.26. The maximum atomic E-state index is 12.3. The van der Waals surface area contributed by atoms with Crippen molar-refractivity contribution in [2.24, 2.45) is 0 Å². The summed E-state index contributed by atoms with van der Waals surface area (Å²) in [5, 5.41) is 0. The quantitative estimate of drug-likeness (QED) is 0.705. The number of imidazole rings is 1. The number of unbranched alkanes of at least 4 members (excludes halogenated alkanes) is 1. The number of nitrogens with one attached hydrogen (secondary N) is 1. The van der Waals surface area contributed by atoms with Crippen molar-refractivity contribution in [1.82, 2.24) is 24.4 Å². The molecule has 1 aliphatic rings. The summed E-state index contributed by atoms with van der Waals surface area (Å²) in [6.07, 6.45) is 6.74. The van der Waals surface area contributed by atoms with E-state index in [1.807, 2.05) is 0 Å². The molecular formula is C17H28N6O2. The lowest BCUT2D eigenvalue weighted by molar-refractivity contribution is 0.223. The van der Waals surface area contributed by atoms with Crippen LogP contribution in [0, 0.1) is 0 Å². The van der Waals surface area contributed by atoms with Gasteiger partial charge in [-0.3, -0.25) is 4.57 Å². The van der Waals surface area contributed by atoms with Crippen LogP contribution in [0.3, 0.4) is 0 Å². The minimum Gasteiger partial charge on any atom is -0.463 e. The van der Waals surface area contributed by atoms with Crippen molar-refractivity contribution in [3.8, 4) is 6.01 Å². The van der Waals surface area contributed by atoms with Crippen LogP contribution in [0.5, 0.6) is 6.01 Å². The van der Waals surface area contributed by atoms with Gasteiger partial charge in [-0.05, 0) is 45.3 Å². The van der Waals surface area contributed by atoms with Crippen molar-refractivity contribution in [2.75, 3.05) is 32.0 Å². The van der Waals surface area contributed by atoms with Crippen molar-refractivity contribution in [1.29, 1.82) is 0 Å². The van der Waals surface area contributed by atoms with Crippen LogP contribution < -0.4 is 16.2 Å². The van der Waals surface area contributed by atoms with Crippen LogP contribution in [-0.4, -0.2) is 50.7 Å². The number of aromatic nitrogens is 4. The zero-order chi connectivity index (χ0) is 17.6. The zero-order valence-electron chi connectivity index (χ0n) is 15.0. The Labute approximate surface area is 147 Å². The summed E-state index contributed by atoms with van der Waals surface area (Å²) in [5.74, 6) is 0.253. The number of hydrogen-bond acceptors (Lipinski definition) is 6. The van der Waals surface area contributed by atoms with Gasteiger partial charge >= 0.3 is 11.7 Å². The fourth-order valence-corrected chi connectivity index (χ4v) is 3.25. The number of aromatic amines is 1. The first-order chi connectivity index (χ1) is 12.2. The van der Waals surface area contributed by atoms with Crippen LogP contribution in [0.1, 0.15) is 45.4 Å². The molecule has 0 bridgehead atoms. The Morgan fingerprint density at radius 1 is 1.16 bits per heavy atom. The number of H-pyrrole nitrogens is 1. The molecule has 0 atom stereocenters. The molecule has 2 aromatic heterocycles. The summed E-state index contributed by atoms with van der Waals surface area (Å²) in [4.78, 5) is 26.0. The van der Waals surface area contributed by atoms with Crippen LogP contribution in [0.15, 0.2) is 4.79 Å². The maximum absolute atomic E-state index is 12.3. The van der Waals surface area contributed by atoms with Gasteiger partial charge in [0.2, 0.25) is 0 Å². The molecule has 138 valence electrons. The Bertz CT molecular complexity index is 747. The Kier molecular flexibility index (Phi) is 5.91. The third-order valence-electron chi connectivity index (χ3n) is 4.66. The van der Waals surface area contributed by atoms with Crippen LogP contribution in [0.25, 0.3) is 11.2 Å². The molecule has 0 spiro atoms. The van der Waals surface area contributed by atoms with Gasteiger partial charge in [0.05, 0.1) is 6.61 Å². The molecule has 1 saturated heterocycles. The highest BCUT2D eigenvalue weighted by molar-refractivity contribution is 5.81. The second-order valence-electron chi connectivity index (χ2n) is 6.63. The summed E-state index contributed by atoms with van der Waals surface area (Å²) < 4.78 is 7.20. The molecule has 3 rings (SSSR count). The average molecular weight is 348 g/mol. The van der Waals surface area contributed by atoms with Gasteiger partial charge in [0.25, 0.3) is 0 Å². The summed E-state index contributed by atoms with van der Waals surface area (Å²) in [7, 11) is 0. The smallest absolute Gasteiger partial charge is 0.327 e. The molecule has 0 amide bonds. The maximum Gasteiger partial charge on any atom is 0.327 e. The highest BCUT2D eigenvalue weighted by Gasteiger charge is 2.15. The van der Waals surface area contributed by atoms with Gasteiger partial charge in [-0.25, -0.2) is 4.79 Å². The van der Waals surface area contributed by atoms with E-state index in [0.29, 0.717) is 24.3 Å². The molecule has 0 unspecified atom stereocenters. The predicted octanol–water partition coefficient (Wildman–Crippen LogP) is 1.76. The summed E-state index contributed by atoms with van der Waals surface area (Å²) in [6.45, 7) is 6.57. The topological polar surface area (TPSA) is 102 Å². The van der Waals surface area contributed by atoms with E-state index in [0.717, 1.165) is 38.9 Å². The molecule has 0 aromatic carbocycles. The van der Waals surface area contributed by atoms with E-state index in [2.05, 4.69) is 26.8 Å². The van der Waals surface area contributed by atoms with Crippen LogP contribution in [0.4, 0.5) is 5.82 Å². The summed E-state index contributed by atoms with van der Waals surface area (Å²) >= 11 is 0. The van der Waals surface area contributed by atoms with E-state index in [1.165, 1.54) is 19.3 Å². The first-order valence-electron chi connectivity index (χ1n) is 9.30. The number of nitrogens with two attached hydrogens (primary N) is 1. The molecule has 0 saturated carbocycles. The Morgan fingerprint density at radius 2 is 1.96 bits per heavy atom. The van der Waals surface area contributed by atoms with E-state index in [9.17, 15) is 4.79 Å². The van der Waals surface area contributed by atoms with Crippen LogP contribution >= 0.6 is 0 Å². The van der Waals surface area contributed by atoms with Gasteiger partial charge in [0.1, 0.15) is 5.52 Å². The number of aryl methyl sites for hydroxylation is 1. The van der Waals surface area contributed by atoms with Crippen molar-refractivity contribution in [2.45, 2.75) is 52.0 Å². The van der Waals surface area contributed by atoms with Gasteiger partial charge in [-0.1, -0.05) is 19.8 Å². The molecule has 0 radical (unpaired) electrons. The normalized spacial score (nSPS) is 15.7. The van der Waals surface area contributed by atoms with Crippen molar-refractivity contribution in [3.05, 3.63) is 10.5 Å². The Hall–Kier alpha value is -2.09. The van der Waals surface area contributed by atoms with Gasteiger partial charge < -0.3 is 20.4 Å². The molecule has 8 nitrogen and oxygen atoms in total. The Balaban J connectivity index is 1.72. The minimum absolute atomic E-state index is 0.194. The molecule has 8 heteroatoms. The van der Waals surface area contributed by atoms with Crippen molar-refractivity contribution < 1.29 is 4.74 Å². The minimum atomic E-state index is -0.194. The summed E-state index contributed by atoms with van der Waals surface area (Å²) in [6, 6.07) is 0.238. The number of fused-ring (bicyclic) bond motifs is 1. The van der Waals surface area contributed by atoms with Crippen molar-refractivity contribution in [3.63, 3.8) is 0 Å². The van der Waals surface area contributed by atoms with Gasteiger partial charge in [-0.15, -0.1) is 0 Å². The first kappa shape index (κ1) is 17.7. The molecule has 25 heavy (non-hydrogen) atoms. The van der Waals surface area contributed by atoms with Gasteiger partial charge in [0.15, 0.2) is 11.5 Å². The van der Waals surface area contributed by atoms with E-state index in [-0.39, 0.29) is 17.5 Å². The largest absolute Gasteiger partial charge is 0.463 e. The second kappa shape index (κ2) is 8.33. The monoisotopic (exact) mass is 348 g/mol. The Morgan fingerprint density at radius 3 is 2.72 bits per heavy atom. The number of nitrogen functional groups attached to an aromatic ring is 1. The number of rotatable bonds is 8. The number of nitrogens with zero attached hydrogens (tertiary/aromatic N) is 4.